The van der Waals surface area contributed by atoms with Gasteiger partial charge < -0.3 is 10.4 Å². The molecule has 2 aromatic carbocycles. The first kappa shape index (κ1) is 17.7. The summed E-state index contributed by atoms with van der Waals surface area (Å²) in [7, 11) is 0. The van der Waals surface area contributed by atoms with Crippen molar-refractivity contribution in [2.75, 3.05) is 0 Å². The van der Waals surface area contributed by atoms with Crippen LogP contribution in [0, 0.1) is 12.8 Å². The van der Waals surface area contributed by atoms with Gasteiger partial charge in [0.2, 0.25) is 5.91 Å². The first-order valence-corrected chi connectivity index (χ1v) is 8.08. The van der Waals surface area contributed by atoms with E-state index in [0.717, 1.165) is 11.1 Å². The fourth-order valence-corrected chi connectivity index (χ4v) is 2.60. The molecule has 0 aliphatic carbocycles. The fourth-order valence-electron chi connectivity index (χ4n) is 2.60. The first-order chi connectivity index (χ1) is 11.5. The highest BCUT2D eigenvalue weighted by Crippen LogP contribution is 2.18. The summed E-state index contributed by atoms with van der Waals surface area (Å²) < 4.78 is 0. The molecule has 0 bridgehead atoms. The number of hydrogen-bond acceptors (Lipinski definition) is 2. The summed E-state index contributed by atoms with van der Waals surface area (Å²) in [6.45, 7) is 3.88. The Bertz CT molecular complexity index is 680. The van der Waals surface area contributed by atoms with Crippen LogP contribution in [0.5, 0.6) is 0 Å². The average molecular weight is 325 g/mol. The van der Waals surface area contributed by atoms with Crippen molar-refractivity contribution in [1.29, 1.82) is 0 Å². The average Bonchev–Trinajstić information content (AvgIpc) is 2.56. The smallest absolute Gasteiger partial charge is 0.305 e. The Kier molecular flexibility index (Phi) is 6.13. The second kappa shape index (κ2) is 8.29. The number of rotatable bonds is 7. The van der Waals surface area contributed by atoms with Crippen molar-refractivity contribution < 1.29 is 14.7 Å². The first-order valence-electron chi connectivity index (χ1n) is 8.08. The molecule has 4 nitrogen and oxygen atoms in total. The van der Waals surface area contributed by atoms with Crippen molar-refractivity contribution in [2.45, 2.75) is 32.7 Å². The Balaban J connectivity index is 2.03. The van der Waals surface area contributed by atoms with Crippen LogP contribution in [0.25, 0.3) is 0 Å². The van der Waals surface area contributed by atoms with Gasteiger partial charge in [-0.3, -0.25) is 9.59 Å². The monoisotopic (exact) mass is 325 g/mol. The molecule has 2 aromatic rings. The number of aryl methyl sites for hydroxylation is 1. The van der Waals surface area contributed by atoms with E-state index in [4.69, 9.17) is 5.11 Å². The minimum Gasteiger partial charge on any atom is -0.481 e. The Morgan fingerprint density at radius 3 is 2.25 bits per heavy atom. The molecule has 2 rings (SSSR count). The minimum absolute atomic E-state index is 0.132. The zero-order chi connectivity index (χ0) is 17.5. The largest absolute Gasteiger partial charge is 0.481 e. The van der Waals surface area contributed by atoms with Crippen LogP contribution in [0.3, 0.4) is 0 Å². The van der Waals surface area contributed by atoms with E-state index >= 15 is 0 Å². The molecule has 126 valence electrons. The molecule has 0 heterocycles. The standard InChI is InChI=1S/C20H23NO3/c1-14-8-10-16(11-9-14)12-15(2)20(24)21-18(13-19(22)23)17-6-4-3-5-7-17/h3-11,15,18H,12-13H2,1-2H3,(H,21,24)(H,22,23). The predicted molar refractivity (Wildman–Crippen MR) is 93.6 cm³/mol. The van der Waals surface area contributed by atoms with Gasteiger partial charge in [-0.05, 0) is 24.5 Å². The number of carbonyl (C=O) groups excluding carboxylic acids is 1. The number of carboxylic acid groups (broad SMARTS) is 1. The topological polar surface area (TPSA) is 66.4 Å². The minimum atomic E-state index is -0.935. The van der Waals surface area contributed by atoms with Gasteiger partial charge in [0.1, 0.15) is 0 Å². The van der Waals surface area contributed by atoms with Crippen LogP contribution in [0.15, 0.2) is 54.6 Å². The SMILES string of the molecule is Cc1ccc(CC(C)C(=O)NC(CC(=O)O)c2ccccc2)cc1. The summed E-state index contributed by atoms with van der Waals surface area (Å²) in [6, 6.07) is 16.8. The van der Waals surface area contributed by atoms with Crippen LogP contribution in [0.1, 0.15) is 36.1 Å². The highest BCUT2D eigenvalue weighted by atomic mass is 16.4. The van der Waals surface area contributed by atoms with Crippen molar-refractivity contribution in [2.24, 2.45) is 5.92 Å². The van der Waals surface area contributed by atoms with E-state index in [-0.39, 0.29) is 18.2 Å². The lowest BCUT2D eigenvalue weighted by Crippen LogP contribution is -2.34. The van der Waals surface area contributed by atoms with Gasteiger partial charge in [-0.15, -0.1) is 0 Å². The molecule has 1 amide bonds. The summed E-state index contributed by atoms with van der Waals surface area (Å²) in [5.74, 6) is -1.30. The molecule has 24 heavy (non-hydrogen) atoms. The van der Waals surface area contributed by atoms with Gasteiger partial charge in [0.05, 0.1) is 12.5 Å². The third kappa shape index (κ3) is 5.23. The van der Waals surface area contributed by atoms with Gasteiger partial charge >= 0.3 is 5.97 Å². The highest BCUT2D eigenvalue weighted by Gasteiger charge is 2.21. The maximum Gasteiger partial charge on any atom is 0.305 e. The van der Waals surface area contributed by atoms with E-state index in [2.05, 4.69) is 5.32 Å². The number of carboxylic acids is 1. The van der Waals surface area contributed by atoms with Gasteiger partial charge in [0.15, 0.2) is 0 Å². The predicted octanol–water partition coefficient (Wildman–Crippen LogP) is 3.51. The van der Waals surface area contributed by atoms with Crippen molar-refractivity contribution in [1.82, 2.24) is 5.32 Å². The molecule has 2 unspecified atom stereocenters. The molecule has 2 atom stereocenters. The Hall–Kier alpha value is -2.62. The third-order valence-corrected chi connectivity index (χ3v) is 4.01. The van der Waals surface area contributed by atoms with E-state index in [9.17, 15) is 9.59 Å². The molecule has 0 radical (unpaired) electrons. The van der Waals surface area contributed by atoms with Crippen molar-refractivity contribution >= 4 is 11.9 Å². The van der Waals surface area contributed by atoms with E-state index in [1.807, 2.05) is 68.4 Å². The van der Waals surface area contributed by atoms with Crippen molar-refractivity contribution in [3.63, 3.8) is 0 Å². The summed E-state index contributed by atoms with van der Waals surface area (Å²) in [5.41, 5.74) is 3.08. The molecule has 2 N–H and O–H groups in total. The van der Waals surface area contributed by atoms with Gasteiger partial charge in [0.25, 0.3) is 0 Å². The van der Waals surface area contributed by atoms with Crippen LogP contribution < -0.4 is 5.32 Å². The van der Waals surface area contributed by atoms with E-state index in [1.54, 1.807) is 0 Å². The van der Waals surface area contributed by atoms with E-state index in [1.165, 1.54) is 5.56 Å². The van der Waals surface area contributed by atoms with Gasteiger partial charge in [0, 0.05) is 5.92 Å². The van der Waals surface area contributed by atoms with E-state index in [0.29, 0.717) is 6.42 Å². The summed E-state index contributed by atoms with van der Waals surface area (Å²) >= 11 is 0. The second-order valence-corrected chi connectivity index (χ2v) is 6.16. The van der Waals surface area contributed by atoms with Crippen molar-refractivity contribution in [3.05, 3.63) is 71.3 Å². The molecule has 4 heteroatoms. The number of amides is 1. The highest BCUT2D eigenvalue weighted by molar-refractivity contribution is 5.80. The lowest BCUT2D eigenvalue weighted by Gasteiger charge is -2.20. The number of aliphatic carboxylic acids is 1. The van der Waals surface area contributed by atoms with Crippen molar-refractivity contribution in [3.8, 4) is 0 Å². The number of benzene rings is 2. The second-order valence-electron chi connectivity index (χ2n) is 6.16. The van der Waals surface area contributed by atoms with Crippen LogP contribution >= 0.6 is 0 Å². The van der Waals surface area contributed by atoms with Crippen LogP contribution in [-0.2, 0) is 16.0 Å². The molecule has 0 aliphatic heterocycles. The Morgan fingerprint density at radius 2 is 1.67 bits per heavy atom. The quantitative estimate of drug-likeness (QED) is 0.819. The molecule has 0 aromatic heterocycles. The normalized spacial score (nSPS) is 13.1. The maximum atomic E-state index is 12.5. The lowest BCUT2D eigenvalue weighted by molar-refractivity contribution is -0.137. The summed E-state index contributed by atoms with van der Waals surface area (Å²) in [4.78, 5) is 23.6. The summed E-state index contributed by atoms with van der Waals surface area (Å²) in [6.07, 6.45) is 0.494. The zero-order valence-corrected chi connectivity index (χ0v) is 14.0. The van der Waals surface area contributed by atoms with Gasteiger partial charge in [-0.1, -0.05) is 67.1 Å². The number of hydrogen-bond donors (Lipinski definition) is 2. The Labute approximate surface area is 142 Å². The maximum absolute atomic E-state index is 12.5. The van der Waals surface area contributed by atoms with Crippen LogP contribution in [0.2, 0.25) is 0 Å². The van der Waals surface area contributed by atoms with E-state index < -0.39 is 12.0 Å². The molecule has 0 aliphatic rings. The fraction of sp³-hybridized carbons (Fsp3) is 0.300. The molecule has 0 saturated carbocycles. The number of carbonyl (C=O) groups is 2. The molecule has 0 fully saturated rings. The number of nitrogens with one attached hydrogen (secondary N) is 1. The molecular weight excluding hydrogens is 302 g/mol. The zero-order valence-electron chi connectivity index (χ0n) is 14.0. The van der Waals surface area contributed by atoms with Crippen LogP contribution in [-0.4, -0.2) is 17.0 Å². The van der Waals surface area contributed by atoms with Gasteiger partial charge in [-0.25, -0.2) is 0 Å². The third-order valence-electron chi connectivity index (χ3n) is 4.01. The molecular formula is C20H23NO3. The Morgan fingerprint density at radius 1 is 1.04 bits per heavy atom. The molecule has 0 spiro atoms. The lowest BCUT2D eigenvalue weighted by atomic mass is 9.98. The van der Waals surface area contributed by atoms with Gasteiger partial charge in [-0.2, -0.15) is 0 Å². The molecule has 0 saturated heterocycles. The summed E-state index contributed by atoms with van der Waals surface area (Å²) in [5, 5.41) is 12.0. The van der Waals surface area contributed by atoms with Crippen LogP contribution in [0.4, 0.5) is 0 Å².